The van der Waals surface area contributed by atoms with Crippen LogP contribution in [0.4, 0.5) is 0 Å². The Morgan fingerprint density at radius 2 is 1.69 bits per heavy atom. The van der Waals surface area contributed by atoms with Gasteiger partial charge in [-0.05, 0) is 38.5 Å². The average Bonchev–Trinajstić information content (AvgIpc) is 2.56. The van der Waals surface area contributed by atoms with Gasteiger partial charge in [0, 0.05) is 12.1 Å². The van der Waals surface area contributed by atoms with Gasteiger partial charge in [0.05, 0.1) is 0 Å². The first-order valence-corrected chi connectivity index (χ1v) is 7.54. The van der Waals surface area contributed by atoms with E-state index in [-0.39, 0.29) is 0 Å². The highest BCUT2D eigenvalue weighted by Crippen LogP contribution is 2.25. The van der Waals surface area contributed by atoms with E-state index in [1.807, 2.05) is 0 Å². The monoisotopic (exact) mass is 225 g/mol. The second-order valence-electron chi connectivity index (χ2n) is 5.60. The van der Waals surface area contributed by atoms with Gasteiger partial charge in [-0.1, -0.05) is 46.0 Å². The molecule has 0 spiro atoms. The lowest BCUT2D eigenvalue weighted by Crippen LogP contribution is -2.40. The summed E-state index contributed by atoms with van der Waals surface area (Å²) in [5, 5.41) is 3.87. The van der Waals surface area contributed by atoms with Crippen molar-refractivity contribution in [1.82, 2.24) is 5.32 Å². The van der Waals surface area contributed by atoms with Gasteiger partial charge in [-0.3, -0.25) is 0 Å². The smallest absolute Gasteiger partial charge is 0.00695 e. The highest BCUT2D eigenvalue weighted by molar-refractivity contribution is 4.78. The highest BCUT2D eigenvalue weighted by Gasteiger charge is 2.20. The standard InChI is InChI=1S/C15H31N/c1-4-10-15(5-2)16-13(3)14-11-8-6-7-9-12-14/h13-16H,4-12H2,1-3H3/t13-,15?/m0/s1. The summed E-state index contributed by atoms with van der Waals surface area (Å²) in [6.07, 6.45) is 12.7. The molecule has 1 rings (SSSR count). The summed E-state index contributed by atoms with van der Waals surface area (Å²) in [4.78, 5) is 0. The van der Waals surface area contributed by atoms with E-state index >= 15 is 0 Å². The van der Waals surface area contributed by atoms with E-state index in [9.17, 15) is 0 Å². The minimum absolute atomic E-state index is 0.731. The van der Waals surface area contributed by atoms with Crippen LogP contribution in [-0.4, -0.2) is 12.1 Å². The number of hydrogen-bond acceptors (Lipinski definition) is 1. The zero-order chi connectivity index (χ0) is 11.8. The van der Waals surface area contributed by atoms with Gasteiger partial charge >= 0.3 is 0 Å². The minimum Gasteiger partial charge on any atom is -0.311 e. The molecule has 0 amide bonds. The van der Waals surface area contributed by atoms with Crippen LogP contribution in [0.15, 0.2) is 0 Å². The van der Waals surface area contributed by atoms with Gasteiger partial charge in [-0.15, -0.1) is 0 Å². The van der Waals surface area contributed by atoms with E-state index in [2.05, 4.69) is 26.1 Å². The molecule has 2 atom stereocenters. The predicted octanol–water partition coefficient (Wildman–Crippen LogP) is 4.51. The number of nitrogens with one attached hydrogen (secondary N) is 1. The van der Waals surface area contributed by atoms with Crippen LogP contribution in [0.1, 0.15) is 78.6 Å². The molecule has 1 aliphatic carbocycles. The van der Waals surface area contributed by atoms with Gasteiger partial charge in [-0.25, -0.2) is 0 Å². The van der Waals surface area contributed by atoms with Crippen molar-refractivity contribution >= 4 is 0 Å². The molecule has 0 radical (unpaired) electrons. The largest absolute Gasteiger partial charge is 0.311 e. The second kappa shape index (κ2) is 8.11. The van der Waals surface area contributed by atoms with Crippen molar-refractivity contribution in [3.8, 4) is 0 Å². The third kappa shape index (κ3) is 4.86. The molecule has 0 bridgehead atoms. The van der Waals surface area contributed by atoms with Crippen LogP contribution in [0.25, 0.3) is 0 Å². The molecule has 1 saturated carbocycles. The summed E-state index contributed by atoms with van der Waals surface area (Å²) in [5.41, 5.74) is 0. The maximum absolute atomic E-state index is 3.87. The fourth-order valence-corrected chi connectivity index (χ4v) is 3.07. The summed E-state index contributed by atoms with van der Waals surface area (Å²) in [6.45, 7) is 7.02. The molecule has 96 valence electrons. The van der Waals surface area contributed by atoms with Gasteiger partial charge in [0.15, 0.2) is 0 Å². The van der Waals surface area contributed by atoms with Gasteiger partial charge in [0.2, 0.25) is 0 Å². The van der Waals surface area contributed by atoms with Gasteiger partial charge < -0.3 is 5.32 Å². The van der Waals surface area contributed by atoms with Crippen LogP contribution in [0, 0.1) is 5.92 Å². The molecule has 1 N–H and O–H groups in total. The zero-order valence-electron chi connectivity index (χ0n) is 11.6. The third-order valence-electron chi connectivity index (χ3n) is 4.24. The van der Waals surface area contributed by atoms with Gasteiger partial charge in [0.25, 0.3) is 0 Å². The topological polar surface area (TPSA) is 12.0 Å². The first-order chi connectivity index (χ1) is 7.77. The van der Waals surface area contributed by atoms with Crippen LogP contribution < -0.4 is 5.32 Å². The number of rotatable bonds is 6. The maximum atomic E-state index is 3.87. The lowest BCUT2D eigenvalue weighted by atomic mass is 9.92. The Hall–Kier alpha value is -0.0400. The molecule has 0 aromatic heterocycles. The third-order valence-corrected chi connectivity index (χ3v) is 4.24. The Morgan fingerprint density at radius 1 is 1.06 bits per heavy atom. The first-order valence-electron chi connectivity index (χ1n) is 7.54. The van der Waals surface area contributed by atoms with E-state index in [1.54, 1.807) is 0 Å². The molecule has 1 fully saturated rings. The summed E-state index contributed by atoms with van der Waals surface area (Å²) in [5.74, 6) is 0.938. The second-order valence-corrected chi connectivity index (χ2v) is 5.60. The van der Waals surface area contributed by atoms with Crippen LogP contribution in [0.5, 0.6) is 0 Å². The van der Waals surface area contributed by atoms with E-state index < -0.39 is 0 Å². The van der Waals surface area contributed by atoms with Crippen molar-refractivity contribution in [1.29, 1.82) is 0 Å². The Balaban J connectivity index is 2.33. The lowest BCUT2D eigenvalue weighted by Gasteiger charge is -2.28. The molecular formula is C15H31N. The SMILES string of the molecule is CCCC(CC)N[C@@H](C)C1CCCCCC1. The molecule has 1 nitrogen and oxygen atoms in total. The molecule has 0 saturated heterocycles. The maximum Gasteiger partial charge on any atom is 0.00695 e. The zero-order valence-corrected chi connectivity index (χ0v) is 11.6. The molecule has 0 aliphatic heterocycles. The van der Waals surface area contributed by atoms with Crippen LogP contribution in [0.2, 0.25) is 0 Å². The Morgan fingerprint density at radius 3 is 2.19 bits per heavy atom. The predicted molar refractivity (Wildman–Crippen MR) is 72.8 cm³/mol. The van der Waals surface area contributed by atoms with Crippen LogP contribution in [-0.2, 0) is 0 Å². The summed E-state index contributed by atoms with van der Waals surface area (Å²) in [7, 11) is 0. The molecule has 0 aromatic carbocycles. The molecule has 0 heterocycles. The first kappa shape index (κ1) is 14.0. The molecule has 1 unspecified atom stereocenters. The molecule has 16 heavy (non-hydrogen) atoms. The van der Waals surface area contributed by atoms with Crippen molar-refractivity contribution in [3.63, 3.8) is 0 Å². The van der Waals surface area contributed by atoms with E-state index in [0.717, 1.165) is 18.0 Å². The molecule has 0 aromatic rings. The van der Waals surface area contributed by atoms with Gasteiger partial charge in [-0.2, -0.15) is 0 Å². The Kier molecular flexibility index (Phi) is 7.11. The molecular weight excluding hydrogens is 194 g/mol. The summed E-state index contributed by atoms with van der Waals surface area (Å²) < 4.78 is 0. The fourth-order valence-electron chi connectivity index (χ4n) is 3.07. The number of hydrogen-bond donors (Lipinski definition) is 1. The average molecular weight is 225 g/mol. The van der Waals surface area contributed by atoms with E-state index in [4.69, 9.17) is 0 Å². The quantitative estimate of drug-likeness (QED) is 0.656. The Bertz CT molecular complexity index is 159. The summed E-state index contributed by atoms with van der Waals surface area (Å²) >= 11 is 0. The highest BCUT2D eigenvalue weighted by atomic mass is 14.9. The lowest BCUT2D eigenvalue weighted by molar-refractivity contribution is 0.297. The van der Waals surface area contributed by atoms with Crippen molar-refractivity contribution in [3.05, 3.63) is 0 Å². The van der Waals surface area contributed by atoms with Crippen LogP contribution in [0.3, 0.4) is 0 Å². The van der Waals surface area contributed by atoms with E-state index in [1.165, 1.54) is 57.8 Å². The normalized spacial score (nSPS) is 22.7. The fraction of sp³-hybridized carbons (Fsp3) is 1.00. The molecule has 1 heteroatoms. The van der Waals surface area contributed by atoms with Crippen molar-refractivity contribution in [2.75, 3.05) is 0 Å². The Labute approximate surface area is 102 Å². The van der Waals surface area contributed by atoms with E-state index in [0.29, 0.717) is 0 Å². The minimum atomic E-state index is 0.731. The molecule has 1 aliphatic rings. The van der Waals surface area contributed by atoms with Crippen molar-refractivity contribution in [2.45, 2.75) is 90.6 Å². The van der Waals surface area contributed by atoms with Crippen molar-refractivity contribution < 1.29 is 0 Å². The van der Waals surface area contributed by atoms with Gasteiger partial charge in [0.1, 0.15) is 0 Å². The van der Waals surface area contributed by atoms with Crippen LogP contribution >= 0.6 is 0 Å². The van der Waals surface area contributed by atoms with Crippen molar-refractivity contribution in [2.24, 2.45) is 5.92 Å². The summed E-state index contributed by atoms with van der Waals surface area (Å²) in [6, 6.07) is 1.48.